The smallest absolute Gasteiger partial charge is 0.212 e. The summed E-state index contributed by atoms with van der Waals surface area (Å²) < 4.78 is 31.6. The Labute approximate surface area is 119 Å². The standard InChI is InChI=1S/C15H19NO3S/c1-13-9-10-15(19-13)12-16-20(17,18)11-5-8-14-6-3-2-4-7-14/h2-4,6-7,9-10,16H,5,8,11-12H2,1H3. The van der Waals surface area contributed by atoms with Gasteiger partial charge in [0.25, 0.3) is 0 Å². The molecule has 2 rings (SSSR count). The number of benzene rings is 1. The number of hydrogen-bond acceptors (Lipinski definition) is 3. The Morgan fingerprint density at radius 2 is 1.85 bits per heavy atom. The summed E-state index contributed by atoms with van der Waals surface area (Å²) in [7, 11) is -3.25. The summed E-state index contributed by atoms with van der Waals surface area (Å²) in [6.45, 7) is 2.04. The summed E-state index contributed by atoms with van der Waals surface area (Å²) in [6.07, 6.45) is 1.37. The van der Waals surface area contributed by atoms with Crippen molar-refractivity contribution in [2.75, 3.05) is 5.75 Å². The maximum atomic E-state index is 11.8. The molecule has 4 nitrogen and oxygen atoms in total. The zero-order valence-electron chi connectivity index (χ0n) is 11.5. The van der Waals surface area contributed by atoms with Gasteiger partial charge in [0.15, 0.2) is 0 Å². The number of sulfonamides is 1. The van der Waals surface area contributed by atoms with Crippen molar-refractivity contribution in [2.45, 2.75) is 26.3 Å². The lowest BCUT2D eigenvalue weighted by Gasteiger charge is -2.05. The molecule has 0 amide bonds. The number of rotatable bonds is 7. The molecule has 0 bridgehead atoms. The second kappa shape index (κ2) is 6.72. The normalized spacial score (nSPS) is 11.7. The van der Waals surface area contributed by atoms with Crippen LogP contribution in [0.4, 0.5) is 0 Å². The van der Waals surface area contributed by atoms with E-state index in [9.17, 15) is 8.42 Å². The van der Waals surface area contributed by atoms with E-state index in [0.717, 1.165) is 17.7 Å². The highest BCUT2D eigenvalue weighted by molar-refractivity contribution is 7.89. The van der Waals surface area contributed by atoms with Crippen LogP contribution in [0.15, 0.2) is 46.9 Å². The molecule has 0 atom stereocenters. The summed E-state index contributed by atoms with van der Waals surface area (Å²) >= 11 is 0. The molecule has 1 aromatic heterocycles. The molecule has 2 aromatic rings. The molecule has 0 aliphatic rings. The molecule has 5 heteroatoms. The molecule has 0 spiro atoms. The molecule has 0 aliphatic carbocycles. The van der Waals surface area contributed by atoms with Gasteiger partial charge < -0.3 is 4.42 Å². The molecule has 0 saturated carbocycles. The predicted octanol–water partition coefficient (Wildman–Crippen LogP) is 2.64. The zero-order chi connectivity index (χ0) is 14.4. The molecule has 0 unspecified atom stereocenters. The minimum Gasteiger partial charge on any atom is -0.465 e. The first-order valence-corrected chi connectivity index (χ1v) is 8.27. The molecular weight excluding hydrogens is 274 g/mol. The van der Waals surface area contributed by atoms with Gasteiger partial charge in [0, 0.05) is 0 Å². The quantitative estimate of drug-likeness (QED) is 0.853. The van der Waals surface area contributed by atoms with Gasteiger partial charge in [-0.2, -0.15) is 0 Å². The molecule has 20 heavy (non-hydrogen) atoms. The van der Waals surface area contributed by atoms with Gasteiger partial charge in [0.2, 0.25) is 10.0 Å². The lowest BCUT2D eigenvalue weighted by atomic mass is 10.1. The number of furan rings is 1. The van der Waals surface area contributed by atoms with Gasteiger partial charge in [-0.15, -0.1) is 0 Å². The highest BCUT2D eigenvalue weighted by Crippen LogP contribution is 2.07. The van der Waals surface area contributed by atoms with E-state index >= 15 is 0 Å². The Kier molecular flexibility index (Phi) is 4.98. The Morgan fingerprint density at radius 3 is 2.50 bits per heavy atom. The van der Waals surface area contributed by atoms with E-state index in [1.807, 2.05) is 43.3 Å². The van der Waals surface area contributed by atoms with Gasteiger partial charge in [-0.05, 0) is 37.5 Å². The molecule has 1 N–H and O–H groups in total. The Balaban J connectivity index is 1.76. The van der Waals surface area contributed by atoms with Crippen molar-refractivity contribution in [1.82, 2.24) is 4.72 Å². The van der Waals surface area contributed by atoms with E-state index in [1.54, 1.807) is 6.07 Å². The number of nitrogens with one attached hydrogen (secondary N) is 1. The highest BCUT2D eigenvalue weighted by atomic mass is 32.2. The molecular formula is C15H19NO3S. The highest BCUT2D eigenvalue weighted by Gasteiger charge is 2.10. The molecule has 0 fully saturated rings. The molecule has 0 saturated heterocycles. The number of hydrogen-bond donors (Lipinski definition) is 1. The van der Waals surface area contributed by atoms with Crippen LogP contribution in [0.2, 0.25) is 0 Å². The summed E-state index contributed by atoms with van der Waals surface area (Å²) in [5.41, 5.74) is 1.16. The van der Waals surface area contributed by atoms with E-state index < -0.39 is 10.0 Å². The zero-order valence-corrected chi connectivity index (χ0v) is 12.3. The second-order valence-corrected chi connectivity index (χ2v) is 6.67. The van der Waals surface area contributed by atoms with Crippen molar-refractivity contribution >= 4 is 10.0 Å². The summed E-state index contributed by atoms with van der Waals surface area (Å²) in [6, 6.07) is 13.5. The van der Waals surface area contributed by atoms with Crippen LogP contribution in [0, 0.1) is 6.92 Å². The van der Waals surface area contributed by atoms with E-state index in [2.05, 4.69) is 4.72 Å². The van der Waals surface area contributed by atoms with Gasteiger partial charge in [-0.1, -0.05) is 30.3 Å². The van der Waals surface area contributed by atoms with Crippen molar-refractivity contribution in [1.29, 1.82) is 0 Å². The van der Waals surface area contributed by atoms with Crippen LogP contribution in [-0.4, -0.2) is 14.2 Å². The maximum Gasteiger partial charge on any atom is 0.212 e. The fraction of sp³-hybridized carbons (Fsp3) is 0.333. The van der Waals surface area contributed by atoms with Gasteiger partial charge in [-0.3, -0.25) is 0 Å². The molecule has 0 aliphatic heterocycles. The molecule has 1 heterocycles. The third-order valence-corrected chi connectivity index (χ3v) is 4.39. The van der Waals surface area contributed by atoms with Crippen molar-refractivity contribution in [3.8, 4) is 0 Å². The van der Waals surface area contributed by atoms with Gasteiger partial charge in [-0.25, -0.2) is 13.1 Å². The lowest BCUT2D eigenvalue weighted by molar-refractivity contribution is 0.475. The average molecular weight is 293 g/mol. The topological polar surface area (TPSA) is 59.3 Å². The van der Waals surface area contributed by atoms with E-state index in [0.29, 0.717) is 12.2 Å². The van der Waals surface area contributed by atoms with Crippen LogP contribution >= 0.6 is 0 Å². The Hall–Kier alpha value is -1.59. The van der Waals surface area contributed by atoms with Crippen molar-refractivity contribution in [2.24, 2.45) is 0 Å². The van der Waals surface area contributed by atoms with E-state index in [1.165, 1.54) is 0 Å². The van der Waals surface area contributed by atoms with Crippen molar-refractivity contribution in [3.05, 3.63) is 59.5 Å². The Bertz CT molecular complexity index is 632. The average Bonchev–Trinajstić information content (AvgIpc) is 2.84. The molecule has 108 valence electrons. The molecule has 0 radical (unpaired) electrons. The molecule has 1 aromatic carbocycles. The third kappa shape index (κ3) is 4.83. The number of aryl methyl sites for hydroxylation is 2. The monoisotopic (exact) mass is 293 g/mol. The van der Waals surface area contributed by atoms with Crippen LogP contribution < -0.4 is 4.72 Å². The predicted molar refractivity (Wildman–Crippen MR) is 78.8 cm³/mol. The second-order valence-electron chi connectivity index (χ2n) is 4.74. The minimum absolute atomic E-state index is 0.127. The summed E-state index contributed by atoms with van der Waals surface area (Å²) in [5, 5.41) is 0. The van der Waals surface area contributed by atoms with Gasteiger partial charge in [0.05, 0.1) is 12.3 Å². The van der Waals surface area contributed by atoms with E-state index in [4.69, 9.17) is 4.42 Å². The first-order chi connectivity index (χ1) is 9.55. The van der Waals surface area contributed by atoms with Crippen LogP contribution in [0.5, 0.6) is 0 Å². The third-order valence-electron chi connectivity index (χ3n) is 2.98. The van der Waals surface area contributed by atoms with Crippen LogP contribution in [0.3, 0.4) is 0 Å². The van der Waals surface area contributed by atoms with Crippen LogP contribution in [-0.2, 0) is 23.0 Å². The van der Waals surface area contributed by atoms with Crippen molar-refractivity contribution < 1.29 is 12.8 Å². The fourth-order valence-electron chi connectivity index (χ4n) is 1.94. The van der Waals surface area contributed by atoms with E-state index in [-0.39, 0.29) is 12.3 Å². The summed E-state index contributed by atoms with van der Waals surface area (Å²) in [4.78, 5) is 0. The summed E-state index contributed by atoms with van der Waals surface area (Å²) in [5.74, 6) is 1.54. The fourth-order valence-corrected chi connectivity index (χ4v) is 2.98. The largest absolute Gasteiger partial charge is 0.465 e. The lowest BCUT2D eigenvalue weighted by Crippen LogP contribution is -2.26. The van der Waals surface area contributed by atoms with Gasteiger partial charge in [0.1, 0.15) is 11.5 Å². The van der Waals surface area contributed by atoms with Crippen molar-refractivity contribution in [3.63, 3.8) is 0 Å². The van der Waals surface area contributed by atoms with Gasteiger partial charge >= 0.3 is 0 Å². The minimum atomic E-state index is -3.25. The first-order valence-electron chi connectivity index (χ1n) is 6.62. The SMILES string of the molecule is Cc1ccc(CNS(=O)(=O)CCCc2ccccc2)o1. The van der Waals surface area contributed by atoms with Crippen LogP contribution in [0.1, 0.15) is 23.5 Å². The first kappa shape index (κ1) is 14.8. The Morgan fingerprint density at radius 1 is 1.10 bits per heavy atom. The maximum absolute atomic E-state index is 11.8. The van der Waals surface area contributed by atoms with Crippen LogP contribution in [0.25, 0.3) is 0 Å².